The highest BCUT2D eigenvalue weighted by atomic mass is 16.3. The van der Waals surface area contributed by atoms with Crippen LogP contribution in [0.1, 0.15) is 22.3 Å². The van der Waals surface area contributed by atoms with Crippen LogP contribution in [0.5, 0.6) is 0 Å². The third-order valence-corrected chi connectivity index (χ3v) is 12.9. The summed E-state index contributed by atoms with van der Waals surface area (Å²) < 4.78 is 6.56. The van der Waals surface area contributed by atoms with E-state index in [0.717, 1.165) is 61.3 Å². The lowest BCUT2D eigenvalue weighted by Crippen LogP contribution is -2.29. The lowest BCUT2D eigenvalue weighted by Gasteiger charge is -2.35. The van der Waals surface area contributed by atoms with Crippen molar-refractivity contribution in [1.82, 2.24) is 19.9 Å². The average Bonchev–Trinajstić information content (AvgIpc) is 3.85. The molecule has 0 amide bonds. The number of aromatic nitrogens is 4. The number of furan rings is 1. The largest absolute Gasteiger partial charge is 0.456 e. The highest BCUT2D eigenvalue weighted by Gasteiger charge is 2.50. The number of hydrogen-bond acceptors (Lipinski definition) is 5. The Morgan fingerprint density at radius 2 is 1.03 bits per heavy atom. The molecule has 0 aliphatic heterocycles. The predicted molar refractivity (Wildman–Crippen MR) is 248 cm³/mol. The summed E-state index contributed by atoms with van der Waals surface area (Å²) in [6, 6.07) is 67.2. The van der Waals surface area contributed by atoms with Gasteiger partial charge in [-0.2, -0.15) is 0 Å². The number of nitrogens with zero attached hydrogens (tertiary/aromatic N) is 4. The van der Waals surface area contributed by atoms with Crippen LogP contribution in [-0.2, 0) is 5.41 Å². The highest BCUT2D eigenvalue weighted by molar-refractivity contribution is 6.16. The van der Waals surface area contributed by atoms with Crippen molar-refractivity contribution < 1.29 is 4.42 Å². The molecular formula is C57H34N4O. The number of rotatable bonds is 4. The molecule has 11 aromatic rings. The standard InChI is InChI=1S/C57H34N4O/c1-2-13-35(14-3-1)56-60-50(32-51(61-56)38-25-28-49(59-34-38)37-15-12-30-58-33-37)36-24-26-42-40-17-5-4-16-39(40)41-18-6-9-21-45(41)57(48(42)31-36)46-22-10-7-19-43(46)54-47(57)27-29-53-55(54)44-20-8-11-23-52(44)62-53/h1-34H. The van der Waals surface area contributed by atoms with Gasteiger partial charge in [-0.3, -0.25) is 9.97 Å². The Bertz CT molecular complexity index is 3580. The van der Waals surface area contributed by atoms with Crippen LogP contribution in [-0.4, -0.2) is 19.9 Å². The van der Waals surface area contributed by atoms with Crippen molar-refractivity contribution in [3.8, 4) is 78.5 Å². The first-order valence-electron chi connectivity index (χ1n) is 20.9. The van der Waals surface area contributed by atoms with Gasteiger partial charge in [-0.25, -0.2) is 9.97 Å². The number of fused-ring (bicyclic) bond motifs is 16. The zero-order chi connectivity index (χ0) is 40.8. The van der Waals surface area contributed by atoms with Crippen molar-refractivity contribution >= 4 is 21.9 Å². The van der Waals surface area contributed by atoms with Gasteiger partial charge in [-0.05, 0) is 104 Å². The molecule has 13 rings (SSSR count). The minimum Gasteiger partial charge on any atom is -0.456 e. The Morgan fingerprint density at radius 3 is 1.81 bits per heavy atom. The maximum atomic E-state index is 6.56. The Hall–Kier alpha value is -8.28. The molecular weight excluding hydrogens is 757 g/mol. The minimum absolute atomic E-state index is 0.653. The van der Waals surface area contributed by atoms with Crippen molar-refractivity contribution in [2.24, 2.45) is 0 Å². The monoisotopic (exact) mass is 790 g/mol. The molecule has 1 atom stereocenters. The van der Waals surface area contributed by atoms with Crippen molar-refractivity contribution in [3.05, 3.63) is 229 Å². The van der Waals surface area contributed by atoms with Crippen LogP contribution in [0, 0.1) is 0 Å². The van der Waals surface area contributed by atoms with Crippen LogP contribution < -0.4 is 0 Å². The molecule has 0 fully saturated rings. The van der Waals surface area contributed by atoms with E-state index in [2.05, 4.69) is 151 Å². The minimum atomic E-state index is -0.691. The molecule has 62 heavy (non-hydrogen) atoms. The Balaban J connectivity index is 1.11. The van der Waals surface area contributed by atoms with E-state index in [-0.39, 0.29) is 0 Å². The van der Waals surface area contributed by atoms with E-state index in [1.54, 1.807) is 6.20 Å². The van der Waals surface area contributed by atoms with E-state index in [0.29, 0.717) is 5.82 Å². The second kappa shape index (κ2) is 13.4. The summed E-state index contributed by atoms with van der Waals surface area (Å²) in [6.07, 6.45) is 5.51. The first kappa shape index (κ1) is 34.6. The van der Waals surface area contributed by atoms with Gasteiger partial charge < -0.3 is 4.42 Å². The van der Waals surface area contributed by atoms with E-state index in [1.807, 2.05) is 54.9 Å². The van der Waals surface area contributed by atoms with Gasteiger partial charge in [0.2, 0.25) is 0 Å². The molecule has 288 valence electrons. The molecule has 0 radical (unpaired) electrons. The van der Waals surface area contributed by atoms with Gasteiger partial charge in [-0.1, -0.05) is 140 Å². The predicted octanol–water partition coefficient (Wildman–Crippen LogP) is 13.8. The first-order chi connectivity index (χ1) is 30.7. The van der Waals surface area contributed by atoms with E-state index in [1.165, 1.54) is 55.6 Å². The van der Waals surface area contributed by atoms with Crippen molar-refractivity contribution in [3.63, 3.8) is 0 Å². The molecule has 4 aromatic heterocycles. The van der Waals surface area contributed by atoms with Gasteiger partial charge >= 0.3 is 0 Å². The first-order valence-corrected chi connectivity index (χ1v) is 20.9. The zero-order valence-electron chi connectivity index (χ0n) is 33.3. The summed E-state index contributed by atoms with van der Waals surface area (Å²) in [5.41, 5.74) is 19.6. The van der Waals surface area contributed by atoms with Crippen molar-refractivity contribution in [2.45, 2.75) is 5.41 Å². The van der Waals surface area contributed by atoms with Crippen molar-refractivity contribution in [2.75, 3.05) is 0 Å². The molecule has 5 heteroatoms. The van der Waals surface area contributed by atoms with Gasteiger partial charge in [-0.15, -0.1) is 0 Å². The molecule has 4 heterocycles. The molecule has 7 aromatic carbocycles. The smallest absolute Gasteiger partial charge is 0.160 e. The Morgan fingerprint density at radius 1 is 0.387 bits per heavy atom. The number of para-hydroxylation sites is 1. The van der Waals surface area contributed by atoms with Crippen LogP contribution in [0.2, 0.25) is 0 Å². The number of benzene rings is 7. The maximum Gasteiger partial charge on any atom is 0.160 e. The van der Waals surface area contributed by atoms with Gasteiger partial charge in [0.25, 0.3) is 0 Å². The van der Waals surface area contributed by atoms with Crippen LogP contribution >= 0.6 is 0 Å². The normalized spacial score (nSPS) is 14.5. The Kier molecular flexibility index (Phi) is 7.45. The molecule has 1 unspecified atom stereocenters. The maximum absolute atomic E-state index is 6.56. The molecule has 5 nitrogen and oxygen atoms in total. The summed E-state index contributed by atoms with van der Waals surface area (Å²) in [4.78, 5) is 19.7. The fraction of sp³-hybridized carbons (Fsp3) is 0.0175. The SMILES string of the molecule is c1ccc(-c2nc(-c3ccc(-c4cccnc4)nc3)cc(-c3ccc4c(c3)C3(c5ccccc5-c5ccccc5-4)c4ccccc4-c4c3ccc3oc5ccccc5c43)n2)cc1. The molecule has 0 bridgehead atoms. The molecule has 2 aliphatic carbocycles. The molecule has 0 N–H and O–H groups in total. The highest BCUT2D eigenvalue weighted by Crippen LogP contribution is 2.63. The molecule has 1 spiro atoms. The topological polar surface area (TPSA) is 64.7 Å². The van der Waals surface area contributed by atoms with Crippen LogP contribution in [0.15, 0.2) is 211 Å². The van der Waals surface area contributed by atoms with E-state index < -0.39 is 5.41 Å². The van der Waals surface area contributed by atoms with Gasteiger partial charge in [0, 0.05) is 51.6 Å². The lowest BCUT2D eigenvalue weighted by atomic mass is 9.65. The van der Waals surface area contributed by atoms with E-state index in [9.17, 15) is 0 Å². The molecule has 2 aliphatic rings. The third-order valence-electron chi connectivity index (χ3n) is 12.9. The summed E-state index contributed by atoms with van der Waals surface area (Å²) in [5.74, 6) is 0.653. The summed E-state index contributed by atoms with van der Waals surface area (Å²) in [6.45, 7) is 0. The quantitative estimate of drug-likeness (QED) is 0.178. The summed E-state index contributed by atoms with van der Waals surface area (Å²) >= 11 is 0. The molecule has 0 saturated heterocycles. The van der Waals surface area contributed by atoms with E-state index in [4.69, 9.17) is 19.4 Å². The molecule has 0 saturated carbocycles. The number of hydrogen-bond donors (Lipinski definition) is 0. The average molecular weight is 791 g/mol. The zero-order valence-corrected chi connectivity index (χ0v) is 33.3. The fourth-order valence-electron chi connectivity index (χ4n) is 10.2. The summed E-state index contributed by atoms with van der Waals surface area (Å²) in [7, 11) is 0. The lowest BCUT2D eigenvalue weighted by molar-refractivity contribution is 0.668. The third kappa shape index (κ3) is 4.96. The van der Waals surface area contributed by atoms with Gasteiger partial charge in [0.1, 0.15) is 11.2 Å². The van der Waals surface area contributed by atoms with Crippen LogP contribution in [0.3, 0.4) is 0 Å². The van der Waals surface area contributed by atoms with Gasteiger partial charge in [0.15, 0.2) is 5.82 Å². The van der Waals surface area contributed by atoms with Crippen LogP contribution in [0.4, 0.5) is 0 Å². The van der Waals surface area contributed by atoms with Gasteiger partial charge in [0.05, 0.1) is 22.5 Å². The second-order valence-corrected chi connectivity index (χ2v) is 16.1. The van der Waals surface area contributed by atoms with Crippen molar-refractivity contribution in [1.29, 1.82) is 0 Å². The van der Waals surface area contributed by atoms with Crippen LogP contribution in [0.25, 0.3) is 100 Å². The van der Waals surface area contributed by atoms with E-state index >= 15 is 0 Å². The fourth-order valence-corrected chi connectivity index (χ4v) is 10.2. The Labute approximate surface area is 357 Å². The number of pyridine rings is 2. The second-order valence-electron chi connectivity index (χ2n) is 16.1. The summed E-state index contributed by atoms with van der Waals surface area (Å²) in [5, 5.41) is 2.27.